The van der Waals surface area contributed by atoms with E-state index in [9.17, 15) is 4.79 Å². The molecule has 0 aliphatic heterocycles. The van der Waals surface area contributed by atoms with E-state index in [1.54, 1.807) is 17.7 Å². The SMILES string of the molecule is CCCOc1ccccc1-c1ccc(CO)c(=O)n1C. The van der Waals surface area contributed by atoms with Crippen molar-refractivity contribution < 1.29 is 9.84 Å². The van der Waals surface area contributed by atoms with Crippen LogP contribution in [0, 0.1) is 0 Å². The van der Waals surface area contributed by atoms with Crippen LogP contribution >= 0.6 is 0 Å². The minimum Gasteiger partial charge on any atom is -0.493 e. The van der Waals surface area contributed by atoms with Gasteiger partial charge in [-0.25, -0.2) is 0 Å². The molecular formula is C16H19NO3. The zero-order chi connectivity index (χ0) is 14.5. The molecule has 0 radical (unpaired) electrons. The Balaban J connectivity index is 2.52. The summed E-state index contributed by atoms with van der Waals surface area (Å²) in [7, 11) is 1.70. The molecule has 2 aromatic rings. The summed E-state index contributed by atoms with van der Waals surface area (Å²) in [5, 5.41) is 9.14. The molecule has 1 N–H and O–H groups in total. The van der Waals surface area contributed by atoms with E-state index in [1.807, 2.05) is 30.3 Å². The van der Waals surface area contributed by atoms with E-state index < -0.39 is 0 Å². The fraction of sp³-hybridized carbons (Fsp3) is 0.312. The number of para-hydroxylation sites is 1. The van der Waals surface area contributed by atoms with Gasteiger partial charge in [0.2, 0.25) is 0 Å². The highest BCUT2D eigenvalue weighted by atomic mass is 16.5. The average molecular weight is 273 g/mol. The highest BCUT2D eigenvalue weighted by molar-refractivity contribution is 5.67. The van der Waals surface area contributed by atoms with Crippen molar-refractivity contribution in [3.8, 4) is 17.0 Å². The van der Waals surface area contributed by atoms with Crippen LogP contribution in [0.5, 0.6) is 5.75 Å². The van der Waals surface area contributed by atoms with Gasteiger partial charge in [0.15, 0.2) is 0 Å². The first-order valence-electron chi connectivity index (χ1n) is 6.71. The van der Waals surface area contributed by atoms with E-state index >= 15 is 0 Å². The van der Waals surface area contributed by atoms with Crippen molar-refractivity contribution in [1.82, 2.24) is 4.57 Å². The largest absolute Gasteiger partial charge is 0.493 e. The molecule has 0 aliphatic carbocycles. The summed E-state index contributed by atoms with van der Waals surface area (Å²) in [5.74, 6) is 0.765. The predicted molar refractivity (Wildman–Crippen MR) is 78.8 cm³/mol. The van der Waals surface area contributed by atoms with Gasteiger partial charge in [0.1, 0.15) is 5.75 Å². The first kappa shape index (κ1) is 14.3. The van der Waals surface area contributed by atoms with Crippen LogP contribution in [0.25, 0.3) is 11.3 Å². The van der Waals surface area contributed by atoms with Gasteiger partial charge in [-0.1, -0.05) is 19.1 Å². The molecular weight excluding hydrogens is 254 g/mol. The summed E-state index contributed by atoms with van der Waals surface area (Å²) < 4.78 is 7.27. The third kappa shape index (κ3) is 2.75. The molecule has 0 saturated heterocycles. The van der Waals surface area contributed by atoms with Crippen LogP contribution in [0.3, 0.4) is 0 Å². The molecule has 0 saturated carbocycles. The predicted octanol–water partition coefficient (Wildman–Crippen LogP) is 2.33. The Labute approximate surface area is 118 Å². The van der Waals surface area contributed by atoms with E-state index in [2.05, 4.69) is 6.92 Å². The van der Waals surface area contributed by atoms with Gasteiger partial charge in [-0.3, -0.25) is 4.79 Å². The summed E-state index contributed by atoms with van der Waals surface area (Å²) in [6.07, 6.45) is 0.927. The van der Waals surface area contributed by atoms with Gasteiger partial charge in [-0.2, -0.15) is 0 Å². The monoisotopic (exact) mass is 273 g/mol. The van der Waals surface area contributed by atoms with E-state index in [1.165, 1.54) is 0 Å². The number of nitrogens with zero attached hydrogens (tertiary/aromatic N) is 1. The lowest BCUT2D eigenvalue weighted by Crippen LogP contribution is -2.22. The fourth-order valence-corrected chi connectivity index (χ4v) is 2.09. The Bertz CT molecular complexity index is 646. The fourth-order valence-electron chi connectivity index (χ4n) is 2.09. The van der Waals surface area contributed by atoms with Crippen LogP contribution in [-0.2, 0) is 13.7 Å². The smallest absolute Gasteiger partial charge is 0.256 e. The summed E-state index contributed by atoms with van der Waals surface area (Å²) in [6.45, 7) is 2.44. The molecule has 0 fully saturated rings. The molecule has 0 atom stereocenters. The molecule has 0 aliphatic rings. The number of benzene rings is 1. The Morgan fingerprint density at radius 3 is 2.65 bits per heavy atom. The molecule has 0 spiro atoms. The average Bonchev–Trinajstić information content (AvgIpc) is 2.48. The van der Waals surface area contributed by atoms with Crippen molar-refractivity contribution >= 4 is 0 Å². The number of aliphatic hydroxyl groups excluding tert-OH is 1. The lowest BCUT2D eigenvalue weighted by molar-refractivity contribution is 0.279. The Kier molecular flexibility index (Phi) is 4.58. The molecule has 1 heterocycles. The van der Waals surface area contributed by atoms with Gasteiger partial charge in [-0.05, 0) is 30.7 Å². The number of hydrogen-bond acceptors (Lipinski definition) is 3. The van der Waals surface area contributed by atoms with Crippen molar-refractivity contribution in [3.05, 3.63) is 52.3 Å². The van der Waals surface area contributed by atoms with Crippen molar-refractivity contribution in [2.75, 3.05) is 6.61 Å². The number of hydrogen-bond donors (Lipinski definition) is 1. The lowest BCUT2D eigenvalue weighted by Gasteiger charge is -2.14. The highest BCUT2D eigenvalue weighted by Gasteiger charge is 2.11. The van der Waals surface area contributed by atoms with E-state index in [4.69, 9.17) is 9.84 Å². The van der Waals surface area contributed by atoms with Gasteiger partial charge in [0.05, 0.1) is 18.9 Å². The van der Waals surface area contributed by atoms with Crippen LogP contribution in [0.2, 0.25) is 0 Å². The molecule has 1 aromatic carbocycles. The number of aromatic nitrogens is 1. The van der Waals surface area contributed by atoms with E-state index in [0.29, 0.717) is 12.2 Å². The summed E-state index contributed by atoms with van der Waals surface area (Å²) in [4.78, 5) is 12.1. The van der Waals surface area contributed by atoms with Crippen molar-refractivity contribution in [2.24, 2.45) is 7.05 Å². The van der Waals surface area contributed by atoms with Crippen molar-refractivity contribution in [3.63, 3.8) is 0 Å². The van der Waals surface area contributed by atoms with Crippen molar-refractivity contribution in [2.45, 2.75) is 20.0 Å². The van der Waals surface area contributed by atoms with Gasteiger partial charge in [0, 0.05) is 18.2 Å². The van der Waals surface area contributed by atoms with E-state index in [0.717, 1.165) is 23.4 Å². The topological polar surface area (TPSA) is 51.5 Å². The van der Waals surface area contributed by atoms with Crippen LogP contribution in [0.4, 0.5) is 0 Å². The number of aliphatic hydroxyl groups is 1. The van der Waals surface area contributed by atoms with Crippen LogP contribution in [0.15, 0.2) is 41.2 Å². The second-order valence-corrected chi connectivity index (χ2v) is 4.61. The first-order chi connectivity index (χ1) is 9.69. The Morgan fingerprint density at radius 2 is 1.95 bits per heavy atom. The lowest BCUT2D eigenvalue weighted by atomic mass is 10.1. The molecule has 0 amide bonds. The maximum atomic E-state index is 12.1. The molecule has 106 valence electrons. The summed E-state index contributed by atoms with van der Waals surface area (Å²) in [5.41, 5.74) is 1.86. The first-order valence-corrected chi connectivity index (χ1v) is 6.71. The highest BCUT2D eigenvalue weighted by Crippen LogP contribution is 2.28. The molecule has 20 heavy (non-hydrogen) atoms. The van der Waals surface area contributed by atoms with Crippen LogP contribution in [-0.4, -0.2) is 16.3 Å². The van der Waals surface area contributed by atoms with Crippen LogP contribution < -0.4 is 10.3 Å². The molecule has 2 rings (SSSR count). The molecule has 4 nitrogen and oxygen atoms in total. The summed E-state index contributed by atoms with van der Waals surface area (Å²) in [6, 6.07) is 11.1. The zero-order valence-electron chi connectivity index (χ0n) is 11.8. The molecule has 1 aromatic heterocycles. The maximum absolute atomic E-state index is 12.1. The van der Waals surface area contributed by atoms with Gasteiger partial charge < -0.3 is 14.4 Å². The quantitative estimate of drug-likeness (QED) is 0.909. The number of rotatable bonds is 5. The molecule has 4 heteroatoms. The zero-order valence-corrected chi connectivity index (χ0v) is 11.8. The van der Waals surface area contributed by atoms with Crippen LogP contribution in [0.1, 0.15) is 18.9 Å². The molecule has 0 unspecified atom stereocenters. The molecule has 0 bridgehead atoms. The normalized spacial score (nSPS) is 10.6. The number of ether oxygens (including phenoxy) is 1. The van der Waals surface area contributed by atoms with Gasteiger partial charge in [-0.15, -0.1) is 0 Å². The second kappa shape index (κ2) is 6.39. The third-order valence-corrected chi connectivity index (χ3v) is 3.18. The number of pyridine rings is 1. The van der Waals surface area contributed by atoms with E-state index in [-0.39, 0.29) is 12.2 Å². The summed E-state index contributed by atoms with van der Waals surface area (Å²) >= 11 is 0. The minimum atomic E-state index is -0.249. The van der Waals surface area contributed by atoms with Gasteiger partial charge in [0.25, 0.3) is 5.56 Å². The second-order valence-electron chi connectivity index (χ2n) is 4.61. The Morgan fingerprint density at radius 1 is 1.20 bits per heavy atom. The van der Waals surface area contributed by atoms with Crippen molar-refractivity contribution in [1.29, 1.82) is 0 Å². The standard InChI is InChI=1S/C16H19NO3/c1-3-10-20-15-7-5-4-6-13(15)14-9-8-12(11-18)16(19)17(14)2/h4-9,18H,3,10-11H2,1-2H3. The maximum Gasteiger partial charge on any atom is 0.256 e. The third-order valence-electron chi connectivity index (χ3n) is 3.18. The van der Waals surface area contributed by atoms with Gasteiger partial charge >= 0.3 is 0 Å². The minimum absolute atomic E-state index is 0.185. The Hall–Kier alpha value is -2.07.